The highest BCUT2D eigenvalue weighted by Gasteiger charge is 2.47. The van der Waals surface area contributed by atoms with Crippen molar-refractivity contribution in [2.45, 2.75) is 53.1 Å². The van der Waals surface area contributed by atoms with Crippen LogP contribution in [0.2, 0.25) is 0 Å². The largest absolute Gasteiger partial charge is 0.459 e. The third-order valence-electron chi connectivity index (χ3n) is 5.35. The van der Waals surface area contributed by atoms with Crippen molar-refractivity contribution in [2.24, 2.45) is 11.3 Å². The number of hydrogen-bond donors (Lipinski definition) is 0. The van der Waals surface area contributed by atoms with Gasteiger partial charge in [0, 0.05) is 12.0 Å². The van der Waals surface area contributed by atoms with Crippen LogP contribution in [0.1, 0.15) is 47.0 Å². The molecule has 0 bridgehead atoms. The lowest BCUT2D eigenvalue weighted by Crippen LogP contribution is -2.44. The standard InChI is InChI=1S/C19H26O3S/c1-12(2)15-11-19(4)13(3)17(22-18(21)8-9-23-5)7-6-14(19)10-16(15)20/h8-10,13,17H,6-7,11H2,1-5H3. The molecule has 2 aliphatic rings. The van der Waals surface area contributed by atoms with Crippen LogP contribution in [0.5, 0.6) is 0 Å². The average Bonchev–Trinajstić information content (AvgIpc) is 2.49. The van der Waals surface area contributed by atoms with Gasteiger partial charge in [-0.05, 0) is 61.8 Å². The summed E-state index contributed by atoms with van der Waals surface area (Å²) in [5.41, 5.74) is 3.11. The van der Waals surface area contributed by atoms with Crippen molar-refractivity contribution in [3.63, 3.8) is 0 Å². The second kappa shape index (κ2) is 7.08. The van der Waals surface area contributed by atoms with Crippen molar-refractivity contribution in [3.8, 4) is 0 Å². The Hall–Kier alpha value is -1.29. The summed E-state index contributed by atoms with van der Waals surface area (Å²) in [4.78, 5) is 24.2. The summed E-state index contributed by atoms with van der Waals surface area (Å²) in [7, 11) is 0. The monoisotopic (exact) mass is 334 g/mol. The molecule has 23 heavy (non-hydrogen) atoms. The smallest absolute Gasteiger partial charge is 0.331 e. The fourth-order valence-electron chi connectivity index (χ4n) is 3.64. The molecule has 0 aromatic heterocycles. The predicted molar refractivity (Wildman–Crippen MR) is 95.1 cm³/mol. The number of hydrogen-bond acceptors (Lipinski definition) is 4. The second-order valence-corrected chi connectivity index (χ2v) is 7.69. The summed E-state index contributed by atoms with van der Waals surface area (Å²) in [5.74, 6) is 0.0705. The van der Waals surface area contributed by atoms with Crippen molar-refractivity contribution in [1.29, 1.82) is 0 Å². The van der Waals surface area contributed by atoms with Crippen molar-refractivity contribution in [2.75, 3.05) is 6.26 Å². The molecule has 1 saturated carbocycles. The number of carbonyl (C=O) groups excluding carboxylic acids is 2. The van der Waals surface area contributed by atoms with E-state index in [0.717, 1.165) is 30.4 Å². The third-order valence-corrected chi connectivity index (χ3v) is 5.76. The molecule has 0 aliphatic heterocycles. The number of carbonyl (C=O) groups is 2. The Morgan fingerprint density at radius 2 is 2.13 bits per heavy atom. The number of ether oxygens (including phenoxy) is 1. The minimum atomic E-state index is -0.276. The zero-order valence-corrected chi connectivity index (χ0v) is 15.5. The van der Waals surface area contributed by atoms with Crippen LogP contribution >= 0.6 is 11.8 Å². The Kier molecular flexibility index (Phi) is 5.56. The van der Waals surface area contributed by atoms with E-state index >= 15 is 0 Å². The van der Waals surface area contributed by atoms with Gasteiger partial charge in [-0.2, -0.15) is 0 Å². The fraction of sp³-hybridized carbons (Fsp3) is 0.579. The molecule has 0 aromatic carbocycles. The third kappa shape index (κ3) is 3.63. The molecular formula is C19H26O3S. The topological polar surface area (TPSA) is 43.4 Å². The van der Waals surface area contributed by atoms with Crippen molar-refractivity contribution in [1.82, 2.24) is 0 Å². The Morgan fingerprint density at radius 3 is 2.74 bits per heavy atom. The summed E-state index contributed by atoms with van der Waals surface area (Å²) < 4.78 is 5.68. The van der Waals surface area contributed by atoms with Crippen LogP contribution in [0.15, 0.2) is 34.3 Å². The van der Waals surface area contributed by atoms with Gasteiger partial charge in [0.05, 0.1) is 0 Å². The van der Waals surface area contributed by atoms with E-state index in [-0.39, 0.29) is 29.2 Å². The maximum Gasteiger partial charge on any atom is 0.331 e. The Labute approximate surface area is 143 Å². The molecular weight excluding hydrogens is 308 g/mol. The van der Waals surface area contributed by atoms with Gasteiger partial charge in [0.25, 0.3) is 0 Å². The quantitative estimate of drug-likeness (QED) is 0.565. The normalized spacial score (nSPS) is 30.9. The molecule has 1 fully saturated rings. The van der Waals surface area contributed by atoms with Gasteiger partial charge in [-0.1, -0.05) is 25.0 Å². The Morgan fingerprint density at radius 1 is 1.43 bits per heavy atom. The van der Waals surface area contributed by atoms with Gasteiger partial charge in [-0.15, -0.1) is 11.8 Å². The number of allylic oxidation sites excluding steroid dienone is 4. The van der Waals surface area contributed by atoms with Gasteiger partial charge in [-0.3, -0.25) is 4.79 Å². The molecule has 3 atom stereocenters. The summed E-state index contributed by atoms with van der Waals surface area (Å²) in [6.07, 6.45) is 7.49. The van der Waals surface area contributed by atoms with Gasteiger partial charge in [-0.25, -0.2) is 4.79 Å². The molecule has 2 rings (SSSR count). The lowest BCUT2D eigenvalue weighted by atomic mass is 9.58. The van der Waals surface area contributed by atoms with Crippen LogP contribution in [0.25, 0.3) is 0 Å². The molecule has 3 nitrogen and oxygen atoms in total. The summed E-state index contributed by atoms with van der Waals surface area (Å²) >= 11 is 1.48. The van der Waals surface area contributed by atoms with Gasteiger partial charge in [0.1, 0.15) is 6.10 Å². The highest BCUT2D eigenvalue weighted by atomic mass is 32.2. The lowest BCUT2D eigenvalue weighted by Gasteiger charge is -2.48. The number of esters is 1. The minimum absolute atomic E-state index is 0.0947. The average molecular weight is 334 g/mol. The zero-order chi connectivity index (χ0) is 17.2. The Bertz CT molecular complexity index is 596. The highest BCUT2D eigenvalue weighted by Crippen LogP contribution is 2.52. The Balaban J connectivity index is 2.23. The summed E-state index contributed by atoms with van der Waals surface area (Å²) in [6, 6.07) is 0. The van der Waals surface area contributed by atoms with Crippen molar-refractivity contribution >= 4 is 23.5 Å². The number of rotatable bonds is 3. The molecule has 0 saturated heterocycles. The molecule has 0 N–H and O–H groups in total. The number of fused-ring (bicyclic) bond motifs is 1. The van der Waals surface area contributed by atoms with E-state index in [1.807, 2.05) is 26.2 Å². The molecule has 4 heteroatoms. The van der Waals surface area contributed by atoms with Crippen molar-refractivity contribution < 1.29 is 14.3 Å². The molecule has 126 valence electrons. The van der Waals surface area contributed by atoms with Gasteiger partial charge >= 0.3 is 5.97 Å². The number of thioether (sulfide) groups is 1. The highest BCUT2D eigenvalue weighted by molar-refractivity contribution is 8.01. The van der Waals surface area contributed by atoms with Crippen LogP contribution in [0, 0.1) is 11.3 Å². The summed E-state index contributed by atoms with van der Waals surface area (Å²) in [6.45, 7) is 8.33. The van der Waals surface area contributed by atoms with Crippen LogP contribution in [-0.2, 0) is 14.3 Å². The lowest BCUT2D eigenvalue weighted by molar-refractivity contribution is -0.149. The first kappa shape index (κ1) is 18.1. The molecule has 0 spiro atoms. The maximum atomic E-state index is 12.3. The molecule has 0 radical (unpaired) electrons. The van der Waals surface area contributed by atoms with Crippen LogP contribution in [0.4, 0.5) is 0 Å². The van der Waals surface area contributed by atoms with E-state index in [4.69, 9.17) is 4.74 Å². The van der Waals surface area contributed by atoms with E-state index < -0.39 is 0 Å². The van der Waals surface area contributed by atoms with Crippen LogP contribution in [0.3, 0.4) is 0 Å². The predicted octanol–water partition coefficient (Wildman–Crippen LogP) is 4.45. The zero-order valence-electron chi connectivity index (χ0n) is 14.6. The summed E-state index contributed by atoms with van der Waals surface area (Å²) in [5, 5.41) is 1.74. The van der Waals surface area contributed by atoms with E-state index in [0.29, 0.717) is 0 Å². The van der Waals surface area contributed by atoms with Crippen molar-refractivity contribution in [3.05, 3.63) is 34.3 Å². The first-order valence-corrected chi connectivity index (χ1v) is 9.40. The van der Waals surface area contributed by atoms with Gasteiger partial charge in [0.2, 0.25) is 0 Å². The van der Waals surface area contributed by atoms with Gasteiger partial charge < -0.3 is 4.74 Å². The SMILES string of the molecule is CSC=CC(=O)OC1CCC2=CC(=O)C(=C(C)C)CC2(C)C1C. The number of ketones is 1. The fourth-order valence-corrected chi connectivity index (χ4v) is 3.89. The van der Waals surface area contributed by atoms with E-state index in [1.54, 1.807) is 5.41 Å². The first-order valence-electron chi connectivity index (χ1n) is 8.11. The van der Waals surface area contributed by atoms with E-state index in [2.05, 4.69) is 13.8 Å². The van der Waals surface area contributed by atoms with Crippen LogP contribution < -0.4 is 0 Å². The van der Waals surface area contributed by atoms with Gasteiger partial charge in [0.15, 0.2) is 5.78 Å². The molecule has 0 aromatic rings. The second-order valence-electron chi connectivity index (χ2n) is 6.95. The molecule has 0 heterocycles. The minimum Gasteiger partial charge on any atom is -0.459 e. The molecule has 3 unspecified atom stereocenters. The molecule has 2 aliphatic carbocycles. The first-order chi connectivity index (χ1) is 10.8. The van der Waals surface area contributed by atoms with Crippen LogP contribution in [-0.4, -0.2) is 24.1 Å². The molecule has 0 amide bonds. The van der Waals surface area contributed by atoms with E-state index in [1.165, 1.54) is 23.4 Å². The van der Waals surface area contributed by atoms with E-state index in [9.17, 15) is 9.59 Å². The maximum absolute atomic E-state index is 12.3.